The molecule has 2 aliphatic rings. The Labute approximate surface area is 180 Å². The predicted octanol–water partition coefficient (Wildman–Crippen LogP) is 2.22. The summed E-state index contributed by atoms with van der Waals surface area (Å²) < 4.78 is 11.6. The molecule has 0 spiro atoms. The number of hydrogen-bond acceptors (Lipinski definition) is 5. The summed E-state index contributed by atoms with van der Waals surface area (Å²) in [5.41, 5.74) is 0.447. The molecule has 0 radical (unpaired) electrons. The number of aromatic nitrogens is 2. The van der Waals surface area contributed by atoms with Crippen LogP contribution in [0.2, 0.25) is 5.02 Å². The fourth-order valence-corrected chi connectivity index (χ4v) is 4.15. The Morgan fingerprint density at radius 3 is 2.77 bits per heavy atom. The number of ether oxygens (including phenoxy) is 2. The first-order chi connectivity index (χ1) is 14.6. The Bertz CT molecular complexity index is 870. The van der Waals surface area contributed by atoms with E-state index in [9.17, 15) is 9.59 Å². The van der Waals surface area contributed by atoms with Gasteiger partial charge in [0.1, 0.15) is 17.5 Å². The van der Waals surface area contributed by atoms with Crippen LogP contribution in [0.25, 0.3) is 0 Å². The van der Waals surface area contributed by atoms with Crippen LogP contribution in [0.5, 0.6) is 5.75 Å². The van der Waals surface area contributed by atoms with Crippen LogP contribution in [0.4, 0.5) is 0 Å². The number of benzene rings is 1. The van der Waals surface area contributed by atoms with Crippen LogP contribution >= 0.6 is 11.6 Å². The molecule has 0 aliphatic carbocycles. The lowest BCUT2D eigenvalue weighted by atomic mass is 9.90. The molecule has 2 saturated heterocycles. The summed E-state index contributed by atoms with van der Waals surface area (Å²) in [6, 6.07) is 8.91. The van der Waals surface area contributed by atoms with Gasteiger partial charge < -0.3 is 19.3 Å². The number of carbonyl (C=O) groups excluding carboxylic acids is 2. The van der Waals surface area contributed by atoms with Crippen molar-refractivity contribution in [3.63, 3.8) is 0 Å². The normalized spacial score (nSPS) is 22.0. The fraction of sp³-hybridized carbons (Fsp3) is 0.476. The predicted molar refractivity (Wildman–Crippen MR) is 110 cm³/mol. The number of piperidine rings is 1. The molecule has 8 nitrogen and oxygen atoms in total. The van der Waals surface area contributed by atoms with Gasteiger partial charge in [-0.15, -0.1) is 0 Å². The van der Waals surface area contributed by atoms with Gasteiger partial charge in [0.25, 0.3) is 5.91 Å². The van der Waals surface area contributed by atoms with Gasteiger partial charge in [0, 0.05) is 56.2 Å². The van der Waals surface area contributed by atoms with Crippen LogP contribution in [0.15, 0.2) is 36.5 Å². The average molecular weight is 433 g/mol. The minimum atomic E-state index is -0.181. The van der Waals surface area contributed by atoms with E-state index in [1.54, 1.807) is 29.3 Å². The first-order valence-electron chi connectivity index (χ1n) is 10.2. The molecule has 4 rings (SSSR count). The molecular weight excluding hydrogens is 408 g/mol. The third-order valence-electron chi connectivity index (χ3n) is 5.57. The monoisotopic (exact) mass is 432 g/mol. The first-order valence-corrected chi connectivity index (χ1v) is 10.5. The zero-order chi connectivity index (χ0) is 20.9. The summed E-state index contributed by atoms with van der Waals surface area (Å²) in [7, 11) is 0. The zero-order valence-electron chi connectivity index (χ0n) is 16.6. The van der Waals surface area contributed by atoms with Gasteiger partial charge in [0.2, 0.25) is 5.91 Å². The van der Waals surface area contributed by atoms with E-state index in [-0.39, 0.29) is 23.8 Å². The molecule has 2 aliphatic heterocycles. The molecule has 9 heteroatoms. The minimum absolute atomic E-state index is 0.0684. The van der Waals surface area contributed by atoms with Crippen LogP contribution in [0.1, 0.15) is 23.3 Å². The molecule has 1 N–H and O–H groups in total. The lowest BCUT2D eigenvalue weighted by Gasteiger charge is -2.39. The van der Waals surface area contributed by atoms with E-state index in [1.807, 2.05) is 17.0 Å². The second kappa shape index (κ2) is 9.49. The van der Waals surface area contributed by atoms with E-state index < -0.39 is 0 Å². The molecule has 0 bridgehead atoms. The van der Waals surface area contributed by atoms with Crippen molar-refractivity contribution in [2.75, 3.05) is 39.4 Å². The van der Waals surface area contributed by atoms with Crippen molar-refractivity contribution in [1.82, 2.24) is 20.0 Å². The molecule has 1 aromatic heterocycles. The highest BCUT2D eigenvalue weighted by Crippen LogP contribution is 2.28. The average Bonchev–Trinajstić information content (AvgIpc) is 3.30. The Hall–Kier alpha value is -2.58. The molecule has 30 heavy (non-hydrogen) atoms. The molecular formula is C21H25ClN4O4. The summed E-state index contributed by atoms with van der Waals surface area (Å²) in [4.78, 5) is 29.3. The van der Waals surface area contributed by atoms with Gasteiger partial charge in [0.05, 0.1) is 13.2 Å². The van der Waals surface area contributed by atoms with E-state index >= 15 is 0 Å². The van der Waals surface area contributed by atoms with Gasteiger partial charge in [-0.3, -0.25) is 14.7 Å². The van der Waals surface area contributed by atoms with Crippen molar-refractivity contribution in [1.29, 1.82) is 0 Å². The second-order valence-electron chi connectivity index (χ2n) is 7.58. The number of hydrogen-bond donors (Lipinski definition) is 1. The fourth-order valence-electron chi connectivity index (χ4n) is 3.97. The number of H-pyrrole nitrogens is 1. The van der Waals surface area contributed by atoms with Crippen LogP contribution in [0, 0.1) is 5.92 Å². The quantitative estimate of drug-likeness (QED) is 0.782. The van der Waals surface area contributed by atoms with Crippen LogP contribution in [-0.4, -0.2) is 77.3 Å². The summed E-state index contributed by atoms with van der Waals surface area (Å²) in [5.74, 6) is 0.501. The van der Waals surface area contributed by atoms with E-state index in [0.717, 1.165) is 0 Å². The van der Waals surface area contributed by atoms with Gasteiger partial charge in [0.15, 0.2) is 0 Å². The second-order valence-corrected chi connectivity index (χ2v) is 8.02. The lowest BCUT2D eigenvalue weighted by Crippen LogP contribution is -2.50. The van der Waals surface area contributed by atoms with Crippen molar-refractivity contribution in [3.8, 4) is 5.75 Å². The standard InChI is InChI=1S/C21H25ClN4O4/c22-16-2-1-3-17(13-16)30-19-5-7-26(21(28)18-4-6-23-24-18)14-15(19)12-20(27)25-8-10-29-11-9-25/h1-4,6,13,15,19H,5,7-12,14H2,(H,23,24)/t15-,19-/m0/s1. The highest BCUT2D eigenvalue weighted by atomic mass is 35.5. The van der Waals surface area contributed by atoms with E-state index in [1.165, 1.54) is 0 Å². The smallest absolute Gasteiger partial charge is 0.271 e. The van der Waals surface area contributed by atoms with Crippen molar-refractivity contribution in [2.45, 2.75) is 18.9 Å². The van der Waals surface area contributed by atoms with Gasteiger partial charge in [-0.1, -0.05) is 17.7 Å². The molecule has 3 heterocycles. The SMILES string of the molecule is O=C(C[C@H]1CN(C(=O)c2ccn[nH]2)CC[C@@H]1Oc1cccc(Cl)c1)N1CCOCC1. The number of aromatic amines is 1. The zero-order valence-corrected chi connectivity index (χ0v) is 17.4. The maximum atomic E-state index is 12.9. The molecule has 0 saturated carbocycles. The Morgan fingerprint density at radius 1 is 1.20 bits per heavy atom. The summed E-state index contributed by atoms with van der Waals surface area (Å²) in [5, 5.41) is 7.18. The van der Waals surface area contributed by atoms with Crippen molar-refractivity contribution in [2.24, 2.45) is 5.92 Å². The largest absolute Gasteiger partial charge is 0.490 e. The van der Waals surface area contributed by atoms with Gasteiger partial charge >= 0.3 is 0 Å². The van der Waals surface area contributed by atoms with Crippen LogP contribution in [0.3, 0.4) is 0 Å². The highest BCUT2D eigenvalue weighted by molar-refractivity contribution is 6.30. The van der Waals surface area contributed by atoms with E-state index in [4.69, 9.17) is 21.1 Å². The van der Waals surface area contributed by atoms with Gasteiger partial charge in [-0.05, 0) is 24.3 Å². The molecule has 1 aromatic carbocycles. The van der Waals surface area contributed by atoms with Crippen molar-refractivity contribution >= 4 is 23.4 Å². The Balaban J connectivity index is 1.48. The molecule has 2 aromatic rings. The number of carbonyl (C=O) groups is 2. The maximum absolute atomic E-state index is 12.9. The number of nitrogens with zero attached hydrogens (tertiary/aromatic N) is 3. The van der Waals surface area contributed by atoms with Crippen molar-refractivity contribution in [3.05, 3.63) is 47.2 Å². The van der Waals surface area contributed by atoms with E-state index in [2.05, 4.69) is 10.2 Å². The highest BCUT2D eigenvalue weighted by Gasteiger charge is 2.36. The third kappa shape index (κ3) is 4.94. The Kier molecular flexibility index (Phi) is 6.54. The minimum Gasteiger partial charge on any atom is -0.490 e. The number of morpholine rings is 1. The molecule has 2 atom stereocenters. The molecule has 0 unspecified atom stereocenters. The van der Waals surface area contributed by atoms with E-state index in [0.29, 0.717) is 68.7 Å². The first kappa shape index (κ1) is 20.7. The van der Waals surface area contributed by atoms with Gasteiger partial charge in [-0.25, -0.2) is 0 Å². The topological polar surface area (TPSA) is 87.8 Å². The third-order valence-corrected chi connectivity index (χ3v) is 5.80. The van der Waals surface area contributed by atoms with Crippen LogP contribution in [-0.2, 0) is 9.53 Å². The van der Waals surface area contributed by atoms with Gasteiger partial charge in [-0.2, -0.15) is 5.10 Å². The Morgan fingerprint density at radius 2 is 2.03 bits per heavy atom. The number of rotatable bonds is 5. The molecule has 2 amide bonds. The summed E-state index contributed by atoms with van der Waals surface area (Å²) >= 11 is 6.09. The number of amides is 2. The molecule has 2 fully saturated rings. The summed E-state index contributed by atoms with van der Waals surface area (Å²) in [6.45, 7) is 3.31. The summed E-state index contributed by atoms with van der Waals surface area (Å²) in [6.07, 6.45) is 2.33. The number of halogens is 1. The molecule has 160 valence electrons. The van der Waals surface area contributed by atoms with Crippen molar-refractivity contribution < 1.29 is 19.1 Å². The number of likely N-dealkylation sites (tertiary alicyclic amines) is 1. The maximum Gasteiger partial charge on any atom is 0.271 e. The lowest BCUT2D eigenvalue weighted by molar-refractivity contribution is -0.137. The number of nitrogens with one attached hydrogen (secondary N) is 1. The van der Waals surface area contributed by atoms with Crippen LogP contribution < -0.4 is 4.74 Å².